The Morgan fingerprint density at radius 1 is 0.442 bits per heavy atom. The minimum absolute atomic E-state index is 0.00455. The lowest BCUT2D eigenvalue weighted by molar-refractivity contribution is -0.301. The van der Waals surface area contributed by atoms with Crippen molar-refractivity contribution in [2.24, 2.45) is 0 Å². The molecule has 12 nitrogen and oxygen atoms in total. The smallest absolute Gasteiger partial charge is 0.335 e. The molecule has 12 heteroatoms. The van der Waals surface area contributed by atoms with Gasteiger partial charge in [-0.1, -0.05) is 202 Å². The lowest BCUT2D eigenvalue weighted by Crippen LogP contribution is -2.61. The lowest BCUT2D eigenvalue weighted by Gasteiger charge is -2.40. The van der Waals surface area contributed by atoms with Gasteiger partial charge in [0.1, 0.15) is 18.8 Å². The molecular weight excluding hydrogens is 973 g/mol. The fourth-order valence-electron chi connectivity index (χ4n) is 8.74. The molecule has 1 saturated heterocycles. The molecule has 440 valence electrons. The number of carboxylic acids is 1. The van der Waals surface area contributed by atoms with Gasteiger partial charge in [-0.3, -0.25) is 14.4 Å². The summed E-state index contributed by atoms with van der Waals surface area (Å²) in [6.45, 7) is 5.81. The summed E-state index contributed by atoms with van der Waals surface area (Å²) in [5, 5.41) is 31.5. The summed E-state index contributed by atoms with van der Waals surface area (Å²) in [5.41, 5.74) is 0. The normalized spacial score (nSPS) is 18.6. The number of ether oxygens (including phenoxy) is 5. The Bertz CT molecular complexity index is 1660. The molecule has 1 heterocycles. The number of aliphatic hydroxyl groups excluding tert-OH is 2. The Kier molecular flexibility index (Phi) is 48.4. The fraction of sp³-hybridized carbons (Fsp3) is 0.723. The average molecular weight is 1080 g/mol. The second kappa shape index (κ2) is 52.6. The summed E-state index contributed by atoms with van der Waals surface area (Å²) in [7, 11) is 0. The lowest BCUT2D eigenvalue weighted by atomic mass is 9.98. The van der Waals surface area contributed by atoms with Gasteiger partial charge in [-0.15, -0.1) is 0 Å². The molecular formula is C65H108O12. The first-order chi connectivity index (χ1) is 37.6. The van der Waals surface area contributed by atoms with Crippen molar-refractivity contribution in [3.05, 3.63) is 85.1 Å². The van der Waals surface area contributed by atoms with E-state index in [1.165, 1.54) is 83.5 Å². The number of allylic oxidation sites excluding steroid dienone is 14. The second-order valence-corrected chi connectivity index (χ2v) is 20.6. The summed E-state index contributed by atoms with van der Waals surface area (Å²) < 4.78 is 28.4. The van der Waals surface area contributed by atoms with E-state index in [-0.39, 0.29) is 25.9 Å². The van der Waals surface area contributed by atoms with Gasteiger partial charge in [-0.05, 0) is 116 Å². The molecule has 1 aliphatic heterocycles. The number of hydrogen-bond acceptors (Lipinski definition) is 11. The van der Waals surface area contributed by atoms with Crippen molar-refractivity contribution in [2.45, 2.75) is 289 Å². The molecule has 6 unspecified atom stereocenters. The van der Waals surface area contributed by atoms with Crippen LogP contribution in [0.4, 0.5) is 0 Å². The molecule has 0 bridgehead atoms. The Labute approximate surface area is 467 Å². The number of aliphatic hydroxyl groups is 2. The molecule has 1 fully saturated rings. The summed E-state index contributed by atoms with van der Waals surface area (Å²) in [4.78, 5) is 51.2. The van der Waals surface area contributed by atoms with Crippen molar-refractivity contribution in [2.75, 3.05) is 13.2 Å². The zero-order valence-corrected chi connectivity index (χ0v) is 48.4. The van der Waals surface area contributed by atoms with E-state index in [4.69, 9.17) is 23.7 Å². The standard InChI is InChI=1S/C65H108O12/c1-4-7-10-13-16-19-22-25-27-28-29-30-32-34-36-39-42-45-48-51-57(66)73-54-56(75-58(67)52-49-46-43-40-37-33-24-21-18-15-12-9-6-3)55-74-65-63(61(70)60(69)62(77-65)64(71)72)76-59(68)53-50-47-44-41-38-35-31-26-23-20-17-14-11-8-5-2/h8,11,16-17,19-21,24-27,31,38,41,56,60-63,65,69-70H,4-7,9-10,12-15,18,22-23,28-30,32-37,39-40,42-55H2,1-3H3,(H,71,72)/b11-8-,19-16-,20-17-,24-21-,27-25-,31-26-,41-38-. The third kappa shape index (κ3) is 42.5. The largest absolute Gasteiger partial charge is 0.479 e. The van der Waals surface area contributed by atoms with Crippen LogP contribution in [0.2, 0.25) is 0 Å². The van der Waals surface area contributed by atoms with Crippen LogP contribution in [0.5, 0.6) is 0 Å². The molecule has 0 saturated carbocycles. The predicted molar refractivity (Wildman–Crippen MR) is 312 cm³/mol. The first-order valence-corrected chi connectivity index (χ1v) is 30.6. The summed E-state index contributed by atoms with van der Waals surface area (Å²) >= 11 is 0. The van der Waals surface area contributed by atoms with Gasteiger partial charge in [0.05, 0.1) is 6.61 Å². The van der Waals surface area contributed by atoms with Gasteiger partial charge in [0.2, 0.25) is 0 Å². The highest BCUT2D eigenvalue weighted by Gasteiger charge is 2.50. The van der Waals surface area contributed by atoms with Gasteiger partial charge >= 0.3 is 23.9 Å². The zero-order chi connectivity index (χ0) is 56.1. The Balaban J connectivity index is 2.69. The van der Waals surface area contributed by atoms with Crippen LogP contribution in [0.3, 0.4) is 0 Å². The molecule has 6 atom stereocenters. The van der Waals surface area contributed by atoms with E-state index in [2.05, 4.69) is 106 Å². The molecule has 0 aromatic carbocycles. The molecule has 0 aromatic heterocycles. The number of carbonyl (C=O) groups is 4. The topological polar surface area (TPSA) is 175 Å². The molecule has 3 N–H and O–H groups in total. The van der Waals surface area contributed by atoms with Gasteiger partial charge in [0.25, 0.3) is 0 Å². The van der Waals surface area contributed by atoms with Gasteiger partial charge in [0, 0.05) is 19.3 Å². The van der Waals surface area contributed by atoms with E-state index in [1.807, 2.05) is 0 Å². The van der Waals surface area contributed by atoms with Gasteiger partial charge < -0.3 is 39.0 Å². The zero-order valence-electron chi connectivity index (χ0n) is 48.4. The maximum absolute atomic E-state index is 13.1. The van der Waals surface area contributed by atoms with Crippen molar-refractivity contribution < 1.29 is 58.2 Å². The number of hydrogen-bond donors (Lipinski definition) is 3. The Morgan fingerprint density at radius 2 is 0.818 bits per heavy atom. The number of aliphatic carboxylic acids is 1. The number of unbranched alkanes of at least 4 members (excludes halogenated alkanes) is 23. The van der Waals surface area contributed by atoms with E-state index < -0.39 is 67.3 Å². The molecule has 0 radical (unpaired) electrons. The SMILES string of the molecule is CC/C=C\C/C=C\C/C=C\C/C=C\CCCCC(=O)OC1C(OCC(COC(=O)CCCCCCCCCCC/C=C\C/C=C\CCCCC)OC(=O)CCCCCCC/C=C\CCCCCC)OC(C(=O)O)C(O)C1O. The van der Waals surface area contributed by atoms with Crippen molar-refractivity contribution in [1.29, 1.82) is 0 Å². The highest BCUT2D eigenvalue weighted by Crippen LogP contribution is 2.26. The monoisotopic (exact) mass is 1080 g/mol. The van der Waals surface area contributed by atoms with Crippen LogP contribution in [-0.2, 0) is 42.9 Å². The van der Waals surface area contributed by atoms with Crippen molar-refractivity contribution in [3.63, 3.8) is 0 Å². The molecule has 1 rings (SSSR count). The fourth-order valence-corrected chi connectivity index (χ4v) is 8.74. The number of esters is 3. The molecule has 0 aliphatic carbocycles. The van der Waals surface area contributed by atoms with Crippen LogP contribution in [0.25, 0.3) is 0 Å². The van der Waals surface area contributed by atoms with Crippen molar-refractivity contribution in [1.82, 2.24) is 0 Å². The predicted octanol–water partition coefficient (Wildman–Crippen LogP) is 15.9. The summed E-state index contributed by atoms with van der Waals surface area (Å²) in [6.07, 6.45) is 55.5. The molecule has 77 heavy (non-hydrogen) atoms. The van der Waals surface area contributed by atoms with Crippen LogP contribution in [0, 0.1) is 0 Å². The van der Waals surface area contributed by atoms with E-state index >= 15 is 0 Å². The van der Waals surface area contributed by atoms with Gasteiger partial charge in [0.15, 0.2) is 24.6 Å². The van der Waals surface area contributed by atoms with Crippen molar-refractivity contribution in [3.8, 4) is 0 Å². The number of carboxylic acid groups (broad SMARTS) is 1. The van der Waals surface area contributed by atoms with Crippen LogP contribution in [0.1, 0.15) is 252 Å². The van der Waals surface area contributed by atoms with E-state index in [1.54, 1.807) is 0 Å². The molecule has 0 spiro atoms. The Morgan fingerprint density at radius 3 is 1.31 bits per heavy atom. The quantitative estimate of drug-likeness (QED) is 0.0228. The molecule has 0 aromatic rings. The van der Waals surface area contributed by atoms with Gasteiger partial charge in [-0.25, -0.2) is 4.79 Å². The first kappa shape index (κ1) is 70.9. The van der Waals surface area contributed by atoms with E-state index in [9.17, 15) is 34.5 Å². The number of rotatable bonds is 51. The molecule has 1 aliphatic rings. The van der Waals surface area contributed by atoms with Crippen LogP contribution >= 0.6 is 0 Å². The molecule has 0 amide bonds. The minimum atomic E-state index is -1.92. The van der Waals surface area contributed by atoms with E-state index in [0.717, 1.165) is 103 Å². The third-order valence-corrected chi connectivity index (χ3v) is 13.4. The summed E-state index contributed by atoms with van der Waals surface area (Å²) in [5.74, 6) is -3.19. The minimum Gasteiger partial charge on any atom is -0.479 e. The maximum atomic E-state index is 13.1. The average Bonchev–Trinajstić information content (AvgIpc) is 3.42. The highest BCUT2D eigenvalue weighted by atomic mass is 16.7. The maximum Gasteiger partial charge on any atom is 0.335 e. The van der Waals surface area contributed by atoms with Crippen LogP contribution in [-0.4, -0.2) is 89.2 Å². The van der Waals surface area contributed by atoms with Gasteiger partial charge in [-0.2, -0.15) is 0 Å². The van der Waals surface area contributed by atoms with E-state index in [0.29, 0.717) is 25.7 Å². The number of carbonyl (C=O) groups excluding carboxylic acids is 3. The summed E-state index contributed by atoms with van der Waals surface area (Å²) in [6, 6.07) is 0. The first-order valence-electron chi connectivity index (χ1n) is 30.6. The van der Waals surface area contributed by atoms with Crippen LogP contribution < -0.4 is 0 Å². The highest BCUT2D eigenvalue weighted by molar-refractivity contribution is 5.74. The van der Waals surface area contributed by atoms with Crippen LogP contribution in [0.15, 0.2) is 85.1 Å². The Hall–Kier alpha value is -4.10. The van der Waals surface area contributed by atoms with Crippen molar-refractivity contribution >= 4 is 23.9 Å². The third-order valence-electron chi connectivity index (χ3n) is 13.4. The second-order valence-electron chi connectivity index (χ2n) is 20.6.